The fourth-order valence-electron chi connectivity index (χ4n) is 4.83. The predicted octanol–water partition coefficient (Wildman–Crippen LogP) is 2.67. The number of carbonyl (C=O) groups excluding carboxylic acids is 2. The van der Waals surface area contributed by atoms with Crippen LogP contribution in [0.3, 0.4) is 0 Å². The van der Waals surface area contributed by atoms with Gasteiger partial charge in [0.1, 0.15) is 11.2 Å². The fraction of sp³-hybridized carbons (Fsp3) is 0.750. The van der Waals surface area contributed by atoms with Gasteiger partial charge in [0.25, 0.3) is 0 Å². The van der Waals surface area contributed by atoms with E-state index in [2.05, 4.69) is 4.74 Å². The van der Waals surface area contributed by atoms with E-state index in [4.69, 9.17) is 4.74 Å². The van der Waals surface area contributed by atoms with Gasteiger partial charge in [0.15, 0.2) is 0 Å². The Bertz CT molecular complexity index is 632. The average Bonchev–Trinajstić information content (AvgIpc) is 2.84. The van der Waals surface area contributed by atoms with Crippen LogP contribution in [0.2, 0.25) is 0 Å². The van der Waals surface area contributed by atoms with E-state index in [-0.39, 0.29) is 0 Å². The molecule has 0 radical (unpaired) electrons. The second-order valence-electron chi connectivity index (χ2n) is 7.71. The van der Waals surface area contributed by atoms with Crippen LogP contribution in [-0.2, 0) is 19.1 Å². The highest BCUT2D eigenvalue weighted by molar-refractivity contribution is 6.03. The van der Waals surface area contributed by atoms with Gasteiger partial charge in [0.05, 0.1) is 30.1 Å². The van der Waals surface area contributed by atoms with Crippen molar-refractivity contribution in [3.63, 3.8) is 0 Å². The molecule has 3 rings (SSSR count). The molecule has 7 heteroatoms. The first-order valence-electron chi connectivity index (χ1n) is 7.39. The molecule has 2 fully saturated rings. The maximum Gasteiger partial charge on any atom is 0.399 e. The van der Waals surface area contributed by atoms with Crippen molar-refractivity contribution in [3.8, 4) is 0 Å². The zero-order valence-electron chi connectivity index (χ0n) is 13.6. The number of Topliss-reactive ketones (excluding diaryl/α,β-unsaturated/α-hetero) is 1. The monoisotopic (exact) mass is 332 g/mol. The Morgan fingerprint density at radius 2 is 1.78 bits per heavy atom. The Balaban J connectivity index is 2.30. The van der Waals surface area contributed by atoms with Crippen LogP contribution < -0.4 is 0 Å². The topological polar surface area (TPSA) is 52.6 Å². The van der Waals surface area contributed by atoms with Crippen LogP contribution in [0.4, 0.5) is 13.2 Å². The number of ketones is 1. The molecule has 2 bridgehead atoms. The number of halogens is 3. The zero-order chi connectivity index (χ0) is 17.6. The SMILES string of the molecule is COC(=O)[C@H]1[C@]2(C(F)(F)F)[C@H]3C=C[C@](C)(O3)[C@]12C(=O)C(C)(C)C. The molecule has 0 spiro atoms. The molecule has 1 saturated heterocycles. The van der Waals surface area contributed by atoms with Crippen LogP contribution in [0.5, 0.6) is 0 Å². The maximum atomic E-state index is 14.1. The zero-order valence-corrected chi connectivity index (χ0v) is 13.6. The molecule has 0 amide bonds. The number of ether oxygens (including phenoxy) is 2. The Morgan fingerprint density at radius 1 is 1.22 bits per heavy atom. The minimum Gasteiger partial charge on any atom is -0.469 e. The number of hydrogen-bond acceptors (Lipinski definition) is 4. The van der Waals surface area contributed by atoms with Gasteiger partial charge >= 0.3 is 12.1 Å². The largest absolute Gasteiger partial charge is 0.469 e. The summed E-state index contributed by atoms with van der Waals surface area (Å²) in [5, 5.41) is 0. The third kappa shape index (κ3) is 1.44. The first kappa shape index (κ1) is 16.5. The van der Waals surface area contributed by atoms with Crippen molar-refractivity contribution >= 4 is 11.8 Å². The number of hydrogen-bond donors (Lipinski definition) is 0. The lowest BCUT2D eigenvalue weighted by atomic mass is 9.67. The first-order valence-corrected chi connectivity index (χ1v) is 7.39. The highest BCUT2D eigenvalue weighted by Crippen LogP contribution is 2.88. The van der Waals surface area contributed by atoms with Gasteiger partial charge in [-0.25, -0.2) is 0 Å². The van der Waals surface area contributed by atoms with Crippen molar-refractivity contribution in [2.24, 2.45) is 22.2 Å². The minimum atomic E-state index is -4.76. The van der Waals surface area contributed by atoms with E-state index in [0.717, 1.165) is 7.11 Å². The molecular weight excluding hydrogens is 313 g/mol. The Morgan fingerprint density at radius 3 is 2.22 bits per heavy atom. The Kier molecular flexibility index (Phi) is 2.86. The lowest BCUT2D eigenvalue weighted by Gasteiger charge is -2.35. The quantitative estimate of drug-likeness (QED) is 0.576. The smallest absolute Gasteiger partial charge is 0.399 e. The summed E-state index contributed by atoms with van der Waals surface area (Å²) in [6.45, 7) is 6.11. The van der Waals surface area contributed by atoms with Gasteiger partial charge in [-0.3, -0.25) is 9.59 Å². The molecule has 128 valence electrons. The van der Waals surface area contributed by atoms with E-state index in [1.54, 1.807) is 20.8 Å². The molecule has 2 aliphatic heterocycles. The van der Waals surface area contributed by atoms with Gasteiger partial charge < -0.3 is 9.47 Å². The maximum absolute atomic E-state index is 14.1. The van der Waals surface area contributed by atoms with Crippen LogP contribution >= 0.6 is 0 Å². The summed E-state index contributed by atoms with van der Waals surface area (Å²) in [7, 11) is 1.04. The van der Waals surface area contributed by atoms with Crippen molar-refractivity contribution in [1.82, 2.24) is 0 Å². The summed E-state index contributed by atoms with van der Waals surface area (Å²) in [4.78, 5) is 25.3. The molecule has 2 heterocycles. The summed E-state index contributed by atoms with van der Waals surface area (Å²) in [6.07, 6.45) is -3.32. The lowest BCUT2D eigenvalue weighted by molar-refractivity contribution is -0.213. The molecule has 0 aromatic carbocycles. The standard InChI is InChI=1S/C16H19F3O4/c1-12(2,3)11(21)15-9(10(20)22-5)14(15,16(17,18)19)8-6-7-13(15,4)23-8/h6-9H,1-5H3/t8-,9+,13+,14-,15-/m1/s1. The second kappa shape index (κ2) is 3.99. The number of esters is 1. The van der Waals surface area contributed by atoms with Crippen molar-refractivity contribution in [3.05, 3.63) is 12.2 Å². The summed E-state index contributed by atoms with van der Waals surface area (Å²) in [5.74, 6) is -3.21. The summed E-state index contributed by atoms with van der Waals surface area (Å²) in [5.41, 5.74) is -7.02. The summed E-state index contributed by atoms with van der Waals surface area (Å²) in [6, 6.07) is 0. The average molecular weight is 332 g/mol. The number of fused-ring (bicyclic) bond motifs is 5. The molecule has 23 heavy (non-hydrogen) atoms. The molecule has 0 aromatic heterocycles. The van der Waals surface area contributed by atoms with Gasteiger partial charge in [0.2, 0.25) is 0 Å². The number of alkyl halides is 3. The lowest BCUT2D eigenvalue weighted by Crippen LogP contribution is -2.48. The van der Waals surface area contributed by atoms with Crippen LogP contribution in [-0.4, -0.2) is 36.7 Å². The highest BCUT2D eigenvalue weighted by atomic mass is 19.4. The van der Waals surface area contributed by atoms with E-state index in [9.17, 15) is 22.8 Å². The third-order valence-corrected chi connectivity index (χ3v) is 5.60. The van der Waals surface area contributed by atoms with Crippen molar-refractivity contribution < 1.29 is 32.2 Å². The molecule has 1 aliphatic carbocycles. The van der Waals surface area contributed by atoms with E-state index >= 15 is 0 Å². The number of carbonyl (C=O) groups is 2. The predicted molar refractivity (Wildman–Crippen MR) is 73.3 cm³/mol. The van der Waals surface area contributed by atoms with E-state index < -0.39 is 51.8 Å². The molecule has 3 aliphatic rings. The van der Waals surface area contributed by atoms with Crippen LogP contribution in [0.15, 0.2) is 12.2 Å². The summed E-state index contributed by atoms with van der Waals surface area (Å²) >= 11 is 0. The van der Waals surface area contributed by atoms with E-state index in [1.807, 2.05) is 0 Å². The summed E-state index contributed by atoms with van der Waals surface area (Å²) < 4.78 is 52.4. The van der Waals surface area contributed by atoms with Gasteiger partial charge in [0, 0.05) is 5.41 Å². The normalized spacial score (nSPS) is 44.2. The van der Waals surface area contributed by atoms with Crippen molar-refractivity contribution in [2.45, 2.75) is 45.6 Å². The first-order chi connectivity index (χ1) is 10.3. The van der Waals surface area contributed by atoms with Gasteiger partial charge in [-0.05, 0) is 6.92 Å². The Hall–Kier alpha value is -1.37. The van der Waals surface area contributed by atoms with Crippen molar-refractivity contribution in [2.75, 3.05) is 7.11 Å². The fourth-order valence-corrected chi connectivity index (χ4v) is 4.83. The minimum absolute atomic E-state index is 0.618. The van der Waals surface area contributed by atoms with Crippen molar-refractivity contribution in [1.29, 1.82) is 0 Å². The van der Waals surface area contributed by atoms with Crippen LogP contribution in [0, 0.1) is 22.2 Å². The molecule has 1 saturated carbocycles. The molecule has 0 unspecified atom stereocenters. The molecular formula is C16H19F3O4. The van der Waals surface area contributed by atoms with Gasteiger partial charge in [-0.15, -0.1) is 0 Å². The van der Waals surface area contributed by atoms with E-state index in [0.29, 0.717) is 0 Å². The third-order valence-electron chi connectivity index (χ3n) is 5.60. The molecule has 0 N–H and O–H groups in total. The number of methoxy groups -OCH3 is 1. The Labute approximate surface area is 132 Å². The van der Waals surface area contributed by atoms with Crippen LogP contribution in [0.25, 0.3) is 0 Å². The molecule has 0 aromatic rings. The highest BCUT2D eigenvalue weighted by Gasteiger charge is 3.03. The molecule has 4 nitrogen and oxygen atoms in total. The van der Waals surface area contributed by atoms with Crippen LogP contribution in [0.1, 0.15) is 27.7 Å². The van der Waals surface area contributed by atoms with E-state index in [1.165, 1.54) is 19.1 Å². The second-order valence-corrected chi connectivity index (χ2v) is 7.71. The van der Waals surface area contributed by atoms with Gasteiger partial charge in [-0.2, -0.15) is 13.2 Å². The van der Waals surface area contributed by atoms with Gasteiger partial charge in [-0.1, -0.05) is 32.9 Å². The number of rotatable bonds is 2. The molecule has 5 atom stereocenters.